The molecule has 0 aliphatic heterocycles. The number of hydrogen-bond donors (Lipinski definition) is 2. The predicted octanol–water partition coefficient (Wildman–Crippen LogP) is -0.400. The molecule has 7 nitrogen and oxygen atoms in total. The van der Waals surface area contributed by atoms with E-state index in [4.69, 9.17) is 4.74 Å². The van der Waals surface area contributed by atoms with E-state index in [9.17, 15) is 14.0 Å². The average molecular weight is 274 g/mol. The number of alkyl halides is 1. The van der Waals surface area contributed by atoms with Crippen molar-refractivity contribution in [3.8, 4) is 0 Å². The fourth-order valence-corrected chi connectivity index (χ4v) is 1.89. The molecule has 0 bridgehead atoms. The maximum absolute atomic E-state index is 12.7. The van der Waals surface area contributed by atoms with Crippen molar-refractivity contribution in [2.75, 3.05) is 13.0 Å². The largest absolute Gasteiger partial charge is 0.370 e. The smallest absolute Gasteiger partial charge is 0.327 e. The minimum Gasteiger partial charge on any atom is -0.370 e. The summed E-state index contributed by atoms with van der Waals surface area (Å²) in [5, 5.41) is 0. The summed E-state index contributed by atoms with van der Waals surface area (Å²) in [5.41, 5.74) is -0.832. The molecule has 18 heavy (non-hydrogen) atoms. The summed E-state index contributed by atoms with van der Waals surface area (Å²) in [5.74, 6) is 0. The lowest BCUT2D eigenvalue weighted by Crippen LogP contribution is -2.25. The van der Waals surface area contributed by atoms with Crippen molar-refractivity contribution in [3.05, 3.63) is 27.2 Å². The fraction of sp³-hybridized carbons (Fsp3) is 0.444. The van der Waals surface area contributed by atoms with Gasteiger partial charge in [-0.3, -0.25) is 14.8 Å². The molecule has 0 amide bonds. The van der Waals surface area contributed by atoms with Gasteiger partial charge >= 0.3 is 5.69 Å². The van der Waals surface area contributed by atoms with E-state index in [0.717, 1.165) is 0 Å². The van der Waals surface area contributed by atoms with Gasteiger partial charge in [0.25, 0.3) is 5.56 Å². The van der Waals surface area contributed by atoms with Crippen molar-refractivity contribution in [1.29, 1.82) is 0 Å². The molecule has 2 heterocycles. The van der Waals surface area contributed by atoms with Crippen molar-refractivity contribution in [2.45, 2.75) is 12.6 Å². The molecule has 0 radical (unpaired) electrons. The minimum atomic E-state index is -0.665. The number of aromatic amines is 2. The second-order valence-electron chi connectivity index (χ2n) is 3.61. The van der Waals surface area contributed by atoms with Gasteiger partial charge in [0.2, 0.25) is 0 Å². The van der Waals surface area contributed by atoms with Crippen LogP contribution in [0, 0.1) is 0 Å². The first kappa shape index (κ1) is 12.9. The predicted molar refractivity (Wildman–Crippen MR) is 66.4 cm³/mol. The Hall–Kier alpha value is -1.53. The molecule has 2 aromatic rings. The van der Waals surface area contributed by atoms with E-state index < -0.39 is 24.0 Å². The minimum absolute atomic E-state index is 0.109. The number of rotatable bonds is 5. The molecule has 9 heteroatoms. The zero-order chi connectivity index (χ0) is 13.1. The van der Waals surface area contributed by atoms with Crippen LogP contribution in [0.2, 0.25) is 0 Å². The number of nitrogens with one attached hydrogen (secondary N) is 2. The van der Waals surface area contributed by atoms with E-state index in [1.54, 1.807) is 0 Å². The van der Waals surface area contributed by atoms with Gasteiger partial charge in [0.05, 0.1) is 19.2 Å². The SMILES string of the molecule is O=c1[nH]c(=O)c2ncn(CC(CF)OCP)c2[nH]1. The summed E-state index contributed by atoms with van der Waals surface area (Å²) >= 11 is 0. The van der Waals surface area contributed by atoms with Gasteiger partial charge in [-0.25, -0.2) is 14.2 Å². The number of hydrogen-bond acceptors (Lipinski definition) is 4. The topological polar surface area (TPSA) is 92.8 Å². The van der Waals surface area contributed by atoms with Crippen molar-refractivity contribution in [1.82, 2.24) is 19.5 Å². The molecule has 0 aliphatic rings. The van der Waals surface area contributed by atoms with Gasteiger partial charge in [-0.1, -0.05) is 0 Å². The van der Waals surface area contributed by atoms with Gasteiger partial charge in [-0.05, 0) is 0 Å². The van der Waals surface area contributed by atoms with E-state index in [2.05, 4.69) is 24.2 Å². The van der Waals surface area contributed by atoms with Gasteiger partial charge in [0.15, 0.2) is 5.52 Å². The molecule has 0 aromatic carbocycles. The highest BCUT2D eigenvalue weighted by Crippen LogP contribution is 2.07. The monoisotopic (exact) mass is 274 g/mol. The Morgan fingerprint density at radius 2 is 2.28 bits per heavy atom. The number of aromatic nitrogens is 4. The Morgan fingerprint density at radius 1 is 1.50 bits per heavy atom. The molecule has 2 aromatic heterocycles. The first-order chi connectivity index (χ1) is 8.65. The molecule has 0 saturated carbocycles. The van der Waals surface area contributed by atoms with E-state index in [0.29, 0.717) is 6.35 Å². The van der Waals surface area contributed by atoms with Crippen molar-refractivity contribution < 1.29 is 9.13 Å². The summed E-state index contributed by atoms with van der Waals surface area (Å²) in [4.78, 5) is 31.0. The van der Waals surface area contributed by atoms with Crippen LogP contribution in [0.4, 0.5) is 4.39 Å². The molecule has 98 valence electrons. The average Bonchev–Trinajstić information content (AvgIpc) is 2.72. The maximum atomic E-state index is 12.7. The highest BCUT2D eigenvalue weighted by atomic mass is 31.0. The van der Waals surface area contributed by atoms with Crippen LogP contribution in [0.25, 0.3) is 11.2 Å². The van der Waals surface area contributed by atoms with Crippen molar-refractivity contribution in [3.63, 3.8) is 0 Å². The summed E-state index contributed by atoms with van der Waals surface area (Å²) in [7, 11) is 2.33. The molecule has 2 N–H and O–H groups in total. The number of ether oxygens (including phenoxy) is 1. The molecule has 2 unspecified atom stereocenters. The van der Waals surface area contributed by atoms with E-state index in [1.165, 1.54) is 10.9 Å². The quantitative estimate of drug-likeness (QED) is 0.725. The highest BCUT2D eigenvalue weighted by Gasteiger charge is 2.13. The lowest BCUT2D eigenvalue weighted by atomic mass is 10.4. The number of halogens is 1. The Bertz CT molecular complexity index is 649. The summed E-state index contributed by atoms with van der Waals surface area (Å²) in [6.45, 7) is -0.498. The molecule has 2 atom stereocenters. The third-order valence-electron chi connectivity index (χ3n) is 2.42. The van der Waals surface area contributed by atoms with E-state index in [-0.39, 0.29) is 17.7 Å². The van der Waals surface area contributed by atoms with Gasteiger partial charge in [0.1, 0.15) is 18.4 Å². The first-order valence-electron chi connectivity index (χ1n) is 5.20. The molecule has 0 spiro atoms. The van der Waals surface area contributed by atoms with E-state index in [1.807, 2.05) is 0 Å². The lowest BCUT2D eigenvalue weighted by molar-refractivity contribution is 0.0558. The molecule has 0 aliphatic carbocycles. The second kappa shape index (κ2) is 5.41. The lowest BCUT2D eigenvalue weighted by Gasteiger charge is -2.13. The Kier molecular flexibility index (Phi) is 3.88. The molecular formula is C9H12FN4O3P. The van der Waals surface area contributed by atoms with Gasteiger partial charge in [0, 0.05) is 0 Å². The zero-order valence-corrected chi connectivity index (χ0v) is 10.5. The number of imidazole rings is 1. The van der Waals surface area contributed by atoms with E-state index >= 15 is 0 Å². The second-order valence-corrected chi connectivity index (χ2v) is 3.95. The third kappa shape index (κ3) is 2.49. The van der Waals surface area contributed by atoms with Crippen LogP contribution in [0.5, 0.6) is 0 Å². The number of H-pyrrole nitrogens is 2. The number of fused-ring (bicyclic) bond motifs is 1. The Balaban J connectivity index is 2.40. The Morgan fingerprint density at radius 3 is 2.94 bits per heavy atom. The molecule has 0 saturated heterocycles. The van der Waals surface area contributed by atoms with Crippen LogP contribution < -0.4 is 11.2 Å². The van der Waals surface area contributed by atoms with Crippen LogP contribution in [-0.4, -0.2) is 38.6 Å². The van der Waals surface area contributed by atoms with Crippen LogP contribution in [0.15, 0.2) is 15.9 Å². The molecular weight excluding hydrogens is 262 g/mol. The van der Waals surface area contributed by atoms with Crippen LogP contribution in [-0.2, 0) is 11.3 Å². The molecule has 2 rings (SSSR count). The van der Waals surface area contributed by atoms with Crippen molar-refractivity contribution in [2.24, 2.45) is 0 Å². The van der Waals surface area contributed by atoms with Gasteiger partial charge in [-0.15, -0.1) is 9.24 Å². The third-order valence-corrected chi connectivity index (χ3v) is 2.61. The number of nitrogens with zero attached hydrogens (tertiary/aromatic N) is 2. The fourth-order valence-electron chi connectivity index (χ4n) is 1.62. The summed E-state index contributed by atoms with van der Waals surface area (Å²) in [6.07, 6.45) is 1.02. The molecule has 0 fully saturated rings. The van der Waals surface area contributed by atoms with Crippen LogP contribution >= 0.6 is 9.24 Å². The summed E-state index contributed by atoms with van der Waals surface area (Å²) < 4.78 is 19.3. The Labute approximate surface area is 103 Å². The van der Waals surface area contributed by atoms with Crippen LogP contribution in [0.1, 0.15) is 0 Å². The standard InChI is InChI=1S/C9H12FN4O3P/c10-1-5(17-4-18)2-14-3-11-6-7(14)12-9(16)13-8(6)15/h3,5H,1-2,4,18H2,(H2,12,13,15,16). The maximum Gasteiger partial charge on any atom is 0.327 e. The normalized spacial score (nSPS) is 13.0. The van der Waals surface area contributed by atoms with Crippen LogP contribution in [0.3, 0.4) is 0 Å². The van der Waals surface area contributed by atoms with Gasteiger partial charge in [-0.2, -0.15) is 0 Å². The highest BCUT2D eigenvalue weighted by molar-refractivity contribution is 7.16. The van der Waals surface area contributed by atoms with Gasteiger partial charge < -0.3 is 9.30 Å². The van der Waals surface area contributed by atoms with Crippen molar-refractivity contribution >= 4 is 20.4 Å². The summed E-state index contributed by atoms with van der Waals surface area (Å²) in [6, 6.07) is 0. The zero-order valence-electron chi connectivity index (χ0n) is 9.35. The first-order valence-corrected chi connectivity index (χ1v) is 6.02.